The summed E-state index contributed by atoms with van der Waals surface area (Å²) in [6.45, 7) is 0.0571. The van der Waals surface area contributed by atoms with Crippen molar-refractivity contribution in [3.05, 3.63) is 48.0 Å². The van der Waals surface area contributed by atoms with Crippen molar-refractivity contribution in [1.29, 1.82) is 0 Å². The number of amides is 1. The van der Waals surface area contributed by atoms with Gasteiger partial charge >= 0.3 is 0 Å². The number of furan rings is 1. The molecule has 0 saturated heterocycles. The Morgan fingerprint density at radius 2 is 1.87 bits per heavy atom. The summed E-state index contributed by atoms with van der Waals surface area (Å²) in [6.07, 6.45) is 0. The van der Waals surface area contributed by atoms with E-state index in [9.17, 15) is 15.0 Å². The highest BCUT2D eigenvalue weighted by Gasteiger charge is 2.17. The molecular weight excluding hydrogens is 298 g/mol. The first kappa shape index (κ1) is 14.9. The quantitative estimate of drug-likeness (QED) is 0.644. The van der Waals surface area contributed by atoms with Crippen molar-refractivity contribution in [3.63, 3.8) is 0 Å². The van der Waals surface area contributed by atoms with Gasteiger partial charge in [0.2, 0.25) is 0 Å². The third-order valence-corrected chi connectivity index (χ3v) is 3.37. The maximum absolute atomic E-state index is 12.2. The van der Waals surface area contributed by atoms with Gasteiger partial charge in [0.1, 0.15) is 29.6 Å². The fourth-order valence-corrected chi connectivity index (χ4v) is 2.31. The van der Waals surface area contributed by atoms with Crippen LogP contribution >= 0.6 is 0 Å². The Morgan fingerprint density at radius 3 is 2.57 bits per heavy atom. The summed E-state index contributed by atoms with van der Waals surface area (Å²) < 4.78 is 10.6. The van der Waals surface area contributed by atoms with Gasteiger partial charge in [-0.2, -0.15) is 0 Å². The van der Waals surface area contributed by atoms with Gasteiger partial charge in [-0.15, -0.1) is 0 Å². The smallest absolute Gasteiger partial charge is 0.257 e. The second-order valence-corrected chi connectivity index (χ2v) is 5.01. The number of hydrogen-bond donors (Lipinski definition) is 3. The number of carbonyl (C=O) groups is 1. The number of carbonyl (C=O) groups excluding carboxylic acids is 1. The third-order valence-electron chi connectivity index (χ3n) is 3.37. The number of nitrogens with one attached hydrogen (secondary N) is 1. The number of rotatable bonds is 4. The van der Waals surface area contributed by atoms with Gasteiger partial charge in [-0.3, -0.25) is 4.79 Å². The largest absolute Gasteiger partial charge is 0.508 e. The molecule has 0 aliphatic carbocycles. The fraction of sp³-hybridized carbons (Fsp3) is 0.118. The monoisotopic (exact) mass is 313 g/mol. The lowest BCUT2D eigenvalue weighted by Gasteiger charge is -2.05. The van der Waals surface area contributed by atoms with Gasteiger partial charge in [-0.25, -0.2) is 0 Å². The van der Waals surface area contributed by atoms with Gasteiger partial charge < -0.3 is 24.7 Å². The van der Waals surface area contributed by atoms with E-state index in [-0.39, 0.29) is 23.8 Å². The minimum Gasteiger partial charge on any atom is -0.508 e. The van der Waals surface area contributed by atoms with Crippen LogP contribution in [-0.4, -0.2) is 30.0 Å². The van der Waals surface area contributed by atoms with Gasteiger partial charge in [-0.05, 0) is 42.5 Å². The SMILES string of the molecule is COCNC(=O)c1cc(O)cc2cc(-c3ccc(O)cc3)oc12. The first-order valence-corrected chi connectivity index (χ1v) is 6.91. The minimum absolute atomic E-state index is 0.0295. The van der Waals surface area contributed by atoms with Crippen molar-refractivity contribution in [2.45, 2.75) is 0 Å². The molecule has 23 heavy (non-hydrogen) atoms. The standard InChI is InChI=1S/C17H15NO5/c1-22-9-18-17(21)14-8-13(20)6-11-7-15(23-16(11)14)10-2-4-12(19)5-3-10/h2-8,19-20H,9H2,1H3,(H,18,21). The van der Waals surface area contributed by atoms with Crippen LogP contribution in [0.5, 0.6) is 11.5 Å². The third kappa shape index (κ3) is 2.97. The van der Waals surface area contributed by atoms with Gasteiger partial charge in [0, 0.05) is 18.1 Å². The molecule has 0 radical (unpaired) electrons. The fourth-order valence-electron chi connectivity index (χ4n) is 2.31. The molecule has 2 aromatic carbocycles. The van der Waals surface area contributed by atoms with Crippen LogP contribution in [0, 0.1) is 0 Å². The number of phenols is 2. The zero-order valence-electron chi connectivity index (χ0n) is 12.4. The molecule has 1 heterocycles. The molecular formula is C17H15NO5. The van der Waals surface area contributed by atoms with Gasteiger partial charge in [0.15, 0.2) is 0 Å². The van der Waals surface area contributed by atoms with E-state index in [1.165, 1.54) is 19.2 Å². The summed E-state index contributed by atoms with van der Waals surface area (Å²) in [5.41, 5.74) is 1.35. The Morgan fingerprint density at radius 1 is 1.13 bits per heavy atom. The molecule has 0 unspecified atom stereocenters. The van der Waals surface area contributed by atoms with Crippen LogP contribution in [-0.2, 0) is 4.74 Å². The lowest BCUT2D eigenvalue weighted by molar-refractivity contribution is 0.0872. The van der Waals surface area contributed by atoms with Crippen LogP contribution < -0.4 is 5.32 Å². The van der Waals surface area contributed by atoms with Crippen LogP contribution in [0.15, 0.2) is 46.9 Å². The number of hydrogen-bond acceptors (Lipinski definition) is 5. The molecule has 0 aliphatic rings. The molecule has 6 nitrogen and oxygen atoms in total. The number of aromatic hydroxyl groups is 2. The average Bonchev–Trinajstić information content (AvgIpc) is 2.96. The maximum atomic E-state index is 12.2. The van der Waals surface area contributed by atoms with Crippen LogP contribution in [0.4, 0.5) is 0 Å². The Labute approximate surface area is 131 Å². The topological polar surface area (TPSA) is 91.9 Å². The van der Waals surface area contributed by atoms with E-state index < -0.39 is 5.91 Å². The first-order chi connectivity index (χ1) is 11.1. The van der Waals surface area contributed by atoms with Crippen molar-refractivity contribution >= 4 is 16.9 Å². The van der Waals surface area contributed by atoms with Crippen LogP contribution in [0.1, 0.15) is 10.4 Å². The number of ether oxygens (including phenoxy) is 1. The van der Waals surface area contributed by atoms with E-state index in [0.29, 0.717) is 16.7 Å². The molecule has 1 amide bonds. The van der Waals surface area contributed by atoms with E-state index in [1.54, 1.807) is 30.3 Å². The minimum atomic E-state index is -0.403. The lowest BCUT2D eigenvalue weighted by atomic mass is 10.1. The normalized spacial score (nSPS) is 10.8. The second-order valence-electron chi connectivity index (χ2n) is 5.01. The number of fused-ring (bicyclic) bond motifs is 1. The van der Waals surface area contributed by atoms with Gasteiger partial charge in [0.05, 0.1) is 5.56 Å². The summed E-state index contributed by atoms with van der Waals surface area (Å²) in [7, 11) is 1.47. The molecule has 0 saturated carbocycles. The average molecular weight is 313 g/mol. The summed E-state index contributed by atoms with van der Waals surface area (Å²) >= 11 is 0. The molecule has 3 aromatic rings. The highest BCUT2D eigenvalue weighted by atomic mass is 16.5. The van der Waals surface area contributed by atoms with Crippen molar-refractivity contribution < 1.29 is 24.2 Å². The molecule has 0 fully saturated rings. The Kier molecular flexibility index (Phi) is 3.91. The zero-order chi connectivity index (χ0) is 16.4. The van der Waals surface area contributed by atoms with Gasteiger partial charge in [-0.1, -0.05) is 0 Å². The van der Waals surface area contributed by atoms with Crippen molar-refractivity contribution in [3.8, 4) is 22.8 Å². The van der Waals surface area contributed by atoms with Crippen LogP contribution in [0.3, 0.4) is 0 Å². The molecule has 1 aromatic heterocycles. The van der Waals surface area contributed by atoms with E-state index in [0.717, 1.165) is 5.56 Å². The highest BCUT2D eigenvalue weighted by Crippen LogP contribution is 2.33. The van der Waals surface area contributed by atoms with E-state index in [4.69, 9.17) is 9.15 Å². The number of phenolic OH excluding ortho intramolecular Hbond substituents is 2. The van der Waals surface area contributed by atoms with Crippen LogP contribution in [0.25, 0.3) is 22.3 Å². The van der Waals surface area contributed by atoms with Gasteiger partial charge in [0.25, 0.3) is 5.91 Å². The number of benzene rings is 2. The molecule has 3 N–H and O–H groups in total. The highest BCUT2D eigenvalue weighted by molar-refractivity contribution is 6.06. The molecule has 0 atom stereocenters. The molecule has 0 aliphatic heterocycles. The molecule has 3 rings (SSSR count). The predicted octanol–water partition coefficient (Wildman–Crippen LogP) is 2.84. The Hall–Kier alpha value is -2.99. The Balaban J connectivity index is 2.08. The van der Waals surface area contributed by atoms with Crippen molar-refractivity contribution in [2.24, 2.45) is 0 Å². The maximum Gasteiger partial charge on any atom is 0.257 e. The predicted molar refractivity (Wildman–Crippen MR) is 84.3 cm³/mol. The first-order valence-electron chi connectivity index (χ1n) is 6.91. The Bertz CT molecular complexity index is 851. The van der Waals surface area contributed by atoms with Crippen molar-refractivity contribution in [1.82, 2.24) is 5.32 Å². The summed E-state index contributed by atoms with van der Waals surface area (Å²) in [6, 6.07) is 11.1. The molecule has 6 heteroatoms. The zero-order valence-corrected chi connectivity index (χ0v) is 12.4. The summed E-state index contributed by atoms with van der Waals surface area (Å²) in [5, 5.41) is 22.3. The molecule has 118 valence electrons. The number of methoxy groups -OCH3 is 1. The summed E-state index contributed by atoms with van der Waals surface area (Å²) in [4.78, 5) is 12.2. The van der Waals surface area contributed by atoms with E-state index >= 15 is 0 Å². The van der Waals surface area contributed by atoms with Crippen LogP contribution in [0.2, 0.25) is 0 Å². The lowest BCUT2D eigenvalue weighted by Crippen LogP contribution is -2.25. The summed E-state index contributed by atoms with van der Waals surface area (Å²) in [5.74, 6) is 0.256. The van der Waals surface area contributed by atoms with E-state index in [1.807, 2.05) is 0 Å². The molecule has 0 spiro atoms. The van der Waals surface area contributed by atoms with Crippen molar-refractivity contribution in [2.75, 3.05) is 13.8 Å². The molecule has 0 bridgehead atoms. The second kappa shape index (κ2) is 6.02. The van der Waals surface area contributed by atoms with E-state index in [2.05, 4.69) is 5.32 Å².